The molecule has 0 saturated heterocycles. The third kappa shape index (κ3) is 4.17. The molecule has 0 aliphatic heterocycles. The molecular weight excluding hydrogens is 304 g/mol. The molecular formula is C15H15BrN2O. The molecule has 2 rings (SSSR count). The zero-order chi connectivity index (χ0) is 13.7. The Morgan fingerprint density at radius 3 is 2.47 bits per heavy atom. The first kappa shape index (κ1) is 13.7. The van der Waals surface area contributed by atoms with Crippen molar-refractivity contribution in [2.75, 3.05) is 0 Å². The fraction of sp³-hybridized carbons (Fsp3) is 0.200. The predicted octanol–water partition coefficient (Wildman–Crippen LogP) is 3.26. The summed E-state index contributed by atoms with van der Waals surface area (Å²) < 4.78 is 1.02. The van der Waals surface area contributed by atoms with Crippen LogP contribution in [0.4, 0.5) is 0 Å². The van der Waals surface area contributed by atoms with Gasteiger partial charge in [0.2, 0.25) is 5.91 Å². The number of rotatable bonds is 4. The number of carbonyl (C=O) groups is 1. The molecule has 1 amide bonds. The minimum atomic E-state index is -0.00838. The molecule has 0 unspecified atom stereocenters. The summed E-state index contributed by atoms with van der Waals surface area (Å²) in [5.74, 6) is 0.0200. The largest absolute Gasteiger partial charge is 0.349 e. The van der Waals surface area contributed by atoms with Crippen LogP contribution in [0.25, 0.3) is 0 Å². The molecule has 1 aromatic carbocycles. The van der Waals surface area contributed by atoms with Crippen molar-refractivity contribution in [1.29, 1.82) is 0 Å². The van der Waals surface area contributed by atoms with Gasteiger partial charge in [-0.3, -0.25) is 9.78 Å². The highest BCUT2D eigenvalue weighted by atomic mass is 79.9. The van der Waals surface area contributed by atoms with E-state index in [1.54, 1.807) is 12.4 Å². The van der Waals surface area contributed by atoms with Crippen molar-refractivity contribution in [3.63, 3.8) is 0 Å². The maximum atomic E-state index is 11.9. The van der Waals surface area contributed by atoms with Crippen LogP contribution in [0.5, 0.6) is 0 Å². The third-order valence-corrected chi connectivity index (χ3v) is 3.39. The van der Waals surface area contributed by atoms with E-state index in [0.717, 1.165) is 15.6 Å². The first-order chi connectivity index (χ1) is 9.15. The average molecular weight is 319 g/mol. The quantitative estimate of drug-likeness (QED) is 0.940. The van der Waals surface area contributed by atoms with E-state index in [0.29, 0.717) is 6.42 Å². The smallest absolute Gasteiger partial charge is 0.224 e. The number of pyridine rings is 1. The van der Waals surface area contributed by atoms with Gasteiger partial charge in [0, 0.05) is 16.9 Å². The predicted molar refractivity (Wildman–Crippen MR) is 78.6 cm³/mol. The van der Waals surface area contributed by atoms with Gasteiger partial charge in [-0.1, -0.05) is 28.1 Å². The molecule has 4 heteroatoms. The summed E-state index contributed by atoms with van der Waals surface area (Å²) in [4.78, 5) is 15.9. The van der Waals surface area contributed by atoms with E-state index >= 15 is 0 Å². The number of hydrogen-bond donors (Lipinski definition) is 1. The Kier molecular flexibility index (Phi) is 4.68. The van der Waals surface area contributed by atoms with Crippen LogP contribution in [-0.4, -0.2) is 10.9 Å². The topological polar surface area (TPSA) is 42.0 Å². The normalized spacial score (nSPS) is 11.9. The van der Waals surface area contributed by atoms with Crippen LogP contribution in [0.3, 0.4) is 0 Å². The van der Waals surface area contributed by atoms with Crippen LogP contribution in [0.1, 0.15) is 24.1 Å². The Morgan fingerprint density at radius 1 is 1.21 bits per heavy atom. The van der Waals surface area contributed by atoms with Crippen molar-refractivity contribution >= 4 is 21.8 Å². The summed E-state index contributed by atoms with van der Waals surface area (Å²) >= 11 is 3.38. The van der Waals surface area contributed by atoms with E-state index in [1.807, 2.05) is 43.3 Å². The third-order valence-electron chi connectivity index (χ3n) is 2.86. The lowest BCUT2D eigenvalue weighted by atomic mass is 10.1. The van der Waals surface area contributed by atoms with Gasteiger partial charge in [-0.25, -0.2) is 0 Å². The molecule has 0 spiro atoms. The number of benzene rings is 1. The highest BCUT2D eigenvalue weighted by Crippen LogP contribution is 2.13. The number of carbonyl (C=O) groups excluding carboxylic acids is 1. The molecule has 0 bridgehead atoms. The lowest BCUT2D eigenvalue weighted by Gasteiger charge is -2.14. The van der Waals surface area contributed by atoms with Gasteiger partial charge in [-0.2, -0.15) is 0 Å². The van der Waals surface area contributed by atoms with E-state index in [1.165, 1.54) is 0 Å². The number of amides is 1. The van der Waals surface area contributed by atoms with Crippen molar-refractivity contribution in [2.24, 2.45) is 0 Å². The number of hydrogen-bond acceptors (Lipinski definition) is 2. The molecule has 2 aromatic rings. The van der Waals surface area contributed by atoms with Crippen molar-refractivity contribution < 1.29 is 4.79 Å². The Balaban J connectivity index is 1.93. The van der Waals surface area contributed by atoms with Gasteiger partial charge in [0.1, 0.15) is 0 Å². The second-order valence-corrected chi connectivity index (χ2v) is 5.29. The van der Waals surface area contributed by atoms with Gasteiger partial charge in [0.15, 0.2) is 0 Å². The zero-order valence-electron chi connectivity index (χ0n) is 10.6. The molecule has 3 nitrogen and oxygen atoms in total. The van der Waals surface area contributed by atoms with Gasteiger partial charge < -0.3 is 5.32 Å². The summed E-state index contributed by atoms with van der Waals surface area (Å²) in [5, 5.41) is 2.98. The Labute approximate surface area is 121 Å². The van der Waals surface area contributed by atoms with Crippen molar-refractivity contribution in [1.82, 2.24) is 10.3 Å². The monoisotopic (exact) mass is 318 g/mol. The molecule has 0 saturated carbocycles. The summed E-state index contributed by atoms with van der Waals surface area (Å²) in [6.07, 6.45) is 3.85. The summed E-state index contributed by atoms with van der Waals surface area (Å²) in [6.45, 7) is 1.97. The Bertz CT molecular complexity index is 540. The van der Waals surface area contributed by atoms with E-state index in [9.17, 15) is 4.79 Å². The molecule has 1 atom stereocenters. The average Bonchev–Trinajstić information content (AvgIpc) is 2.42. The minimum Gasteiger partial charge on any atom is -0.349 e. The summed E-state index contributed by atoms with van der Waals surface area (Å²) in [6, 6.07) is 11.6. The highest BCUT2D eigenvalue weighted by Gasteiger charge is 2.09. The minimum absolute atomic E-state index is 0.00838. The van der Waals surface area contributed by atoms with Crippen LogP contribution in [-0.2, 0) is 11.2 Å². The Morgan fingerprint density at radius 2 is 1.84 bits per heavy atom. The van der Waals surface area contributed by atoms with Gasteiger partial charge in [0.25, 0.3) is 0 Å². The molecule has 0 aliphatic rings. The lowest BCUT2D eigenvalue weighted by molar-refractivity contribution is -0.121. The first-order valence-electron chi connectivity index (χ1n) is 6.09. The van der Waals surface area contributed by atoms with Crippen molar-refractivity contribution in [3.8, 4) is 0 Å². The van der Waals surface area contributed by atoms with E-state index in [2.05, 4.69) is 26.2 Å². The van der Waals surface area contributed by atoms with Crippen LogP contribution in [0, 0.1) is 0 Å². The zero-order valence-corrected chi connectivity index (χ0v) is 12.2. The van der Waals surface area contributed by atoms with E-state index in [4.69, 9.17) is 0 Å². The maximum Gasteiger partial charge on any atom is 0.224 e. The summed E-state index contributed by atoms with van der Waals surface area (Å²) in [5.41, 5.74) is 2.06. The number of aromatic nitrogens is 1. The SMILES string of the molecule is C[C@H](NC(=O)Cc1ccc(Br)cc1)c1ccncc1. The van der Waals surface area contributed by atoms with Gasteiger partial charge in [-0.15, -0.1) is 0 Å². The van der Waals surface area contributed by atoms with Crippen molar-refractivity contribution in [2.45, 2.75) is 19.4 Å². The van der Waals surface area contributed by atoms with Gasteiger partial charge in [0.05, 0.1) is 12.5 Å². The van der Waals surface area contributed by atoms with Crippen LogP contribution in [0.2, 0.25) is 0 Å². The molecule has 1 aromatic heterocycles. The number of nitrogens with zero attached hydrogens (tertiary/aromatic N) is 1. The van der Waals surface area contributed by atoms with Crippen molar-refractivity contribution in [3.05, 3.63) is 64.4 Å². The molecule has 1 N–H and O–H groups in total. The van der Waals surface area contributed by atoms with Gasteiger partial charge in [-0.05, 0) is 42.3 Å². The molecule has 0 fully saturated rings. The van der Waals surface area contributed by atoms with E-state index < -0.39 is 0 Å². The number of nitrogens with one attached hydrogen (secondary N) is 1. The Hall–Kier alpha value is -1.68. The fourth-order valence-corrected chi connectivity index (χ4v) is 2.08. The molecule has 1 heterocycles. The molecule has 0 radical (unpaired) electrons. The number of halogens is 1. The fourth-order valence-electron chi connectivity index (χ4n) is 1.82. The van der Waals surface area contributed by atoms with E-state index in [-0.39, 0.29) is 11.9 Å². The molecule has 19 heavy (non-hydrogen) atoms. The molecule has 98 valence electrons. The highest BCUT2D eigenvalue weighted by molar-refractivity contribution is 9.10. The second kappa shape index (κ2) is 6.48. The first-order valence-corrected chi connectivity index (χ1v) is 6.88. The second-order valence-electron chi connectivity index (χ2n) is 4.37. The standard InChI is InChI=1S/C15H15BrN2O/c1-11(13-6-8-17-9-7-13)18-15(19)10-12-2-4-14(16)5-3-12/h2-9,11H,10H2,1H3,(H,18,19)/t11-/m0/s1. The van der Waals surface area contributed by atoms with Gasteiger partial charge >= 0.3 is 0 Å². The maximum absolute atomic E-state index is 11.9. The molecule has 0 aliphatic carbocycles. The lowest BCUT2D eigenvalue weighted by Crippen LogP contribution is -2.28. The van der Waals surface area contributed by atoms with Crippen LogP contribution >= 0.6 is 15.9 Å². The van der Waals surface area contributed by atoms with Crippen LogP contribution < -0.4 is 5.32 Å². The summed E-state index contributed by atoms with van der Waals surface area (Å²) in [7, 11) is 0. The van der Waals surface area contributed by atoms with Crippen LogP contribution in [0.15, 0.2) is 53.3 Å².